The second-order valence-electron chi connectivity index (χ2n) is 1.91. The van der Waals surface area contributed by atoms with Crippen LogP contribution in [0, 0.1) is 0 Å². The predicted molar refractivity (Wildman–Crippen MR) is 31.4 cm³/mol. The van der Waals surface area contributed by atoms with Crippen LogP contribution in [0.25, 0.3) is 0 Å². The van der Waals surface area contributed by atoms with E-state index in [2.05, 4.69) is 9.47 Å². The molecule has 4 heteroatoms. The van der Waals surface area contributed by atoms with Crippen molar-refractivity contribution in [2.24, 2.45) is 0 Å². The summed E-state index contributed by atoms with van der Waals surface area (Å²) in [6.07, 6.45) is -0.585. The van der Waals surface area contributed by atoms with E-state index in [0.29, 0.717) is 12.9 Å². The number of hydrogen-bond donors (Lipinski definition) is 0. The van der Waals surface area contributed by atoms with Crippen molar-refractivity contribution >= 4 is 12.3 Å². The molecule has 1 rings (SSSR count). The van der Waals surface area contributed by atoms with E-state index in [1.807, 2.05) is 0 Å². The maximum Gasteiger partial charge on any atom is 0.338 e. The lowest BCUT2D eigenvalue weighted by molar-refractivity contribution is -0.144. The number of hydrogen-bond acceptors (Lipinski definition) is 4. The first-order valence-corrected chi connectivity index (χ1v) is 3.07. The van der Waals surface area contributed by atoms with Gasteiger partial charge in [-0.25, -0.2) is 4.79 Å². The van der Waals surface area contributed by atoms with E-state index < -0.39 is 18.2 Å². The third-order valence-electron chi connectivity index (χ3n) is 1.18. The molecule has 0 N–H and O–H groups in total. The Hall–Kier alpha value is -0.900. The molecule has 0 aromatic rings. The third kappa shape index (κ3) is 1.33. The van der Waals surface area contributed by atoms with Gasteiger partial charge in [0.15, 0.2) is 18.5 Å². The van der Waals surface area contributed by atoms with Gasteiger partial charge in [-0.05, 0) is 6.92 Å². The van der Waals surface area contributed by atoms with Crippen molar-refractivity contribution < 1.29 is 19.1 Å². The number of rotatable bonds is 3. The van der Waals surface area contributed by atoms with Crippen molar-refractivity contribution in [1.29, 1.82) is 0 Å². The van der Waals surface area contributed by atoms with Gasteiger partial charge in [0.05, 0.1) is 6.61 Å². The smallest absolute Gasteiger partial charge is 0.338 e. The normalized spacial score (nSPS) is 29.3. The number of ether oxygens (including phenoxy) is 2. The van der Waals surface area contributed by atoms with Crippen LogP contribution in [0.3, 0.4) is 0 Å². The molecule has 0 bridgehead atoms. The Labute approximate surface area is 58.1 Å². The molecule has 1 aliphatic rings. The Morgan fingerprint density at radius 2 is 2.50 bits per heavy atom. The summed E-state index contributed by atoms with van der Waals surface area (Å²) in [6, 6.07) is 0. The fraction of sp³-hybridized carbons (Fsp3) is 0.667. The summed E-state index contributed by atoms with van der Waals surface area (Å²) in [4.78, 5) is 20.6. The van der Waals surface area contributed by atoms with Gasteiger partial charge in [0.2, 0.25) is 0 Å². The van der Waals surface area contributed by atoms with E-state index >= 15 is 0 Å². The number of aldehydes is 1. The topological polar surface area (TPSA) is 55.9 Å². The highest BCUT2D eigenvalue weighted by Gasteiger charge is 2.46. The highest BCUT2D eigenvalue weighted by atomic mass is 16.6. The first-order chi connectivity index (χ1) is 4.79. The quantitative estimate of drug-likeness (QED) is 0.305. The Morgan fingerprint density at radius 3 is 2.90 bits per heavy atom. The molecule has 0 aromatic heterocycles. The third-order valence-corrected chi connectivity index (χ3v) is 1.18. The second-order valence-corrected chi connectivity index (χ2v) is 1.91. The zero-order valence-corrected chi connectivity index (χ0v) is 5.57. The van der Waals surface area contributed by atoms with Gasteiger partial charge in [-0.15, -0.1) is 0 Å². The van der Waals surface area contributed by atoms with Crippen LogP contribution in [0.2, 0.25) is 0 Å². The fourth-order valence-corrected chi connectivity index (χ4v) is 0.641. The van der Waals surface area contributed by atoms with Crippen LogP contribution >= 0.6 is 0 Å². The lowest BCUT2D eigenvalue weighted by atomic mass is 10.3. The number of epoxide rings is 1. The van der Waals surface area contributed by atoms with Crippen LogP contribution < -0.4 is 0 Å². The molecule has 0 amide bonds. The van der Waals surface area contributed by atoms with Crippen LogP contribution in [0.1, 0.15) is 6.92 Å². The predicted octanol–water partition coefficient (Wildman–Crippen LogP) is -0.484. The van der Waals surface area contributed by atoms with Crippen LogP contribution in [0.5, 0.6) is 0 Å². The van der Waals surface area contributed by atoms with E-state index in [1.165, 1.54) is 0 Å². The molecule has 0 saturated carbocycles. The highest BCUT2D eigenvalue weighted by Crippen LogP contribution is 2.20. The van der Waals surface area contributed by atoms with Crippen molar-refractivity contribution in [2.45, 2.75) is 19.1 Å². The summed E-state index contributed by atoms with van der Waals surface area (Å²) in [5.74, 6) is -0.445. The van der Waals surface area contributed by atoms with Gasteiger partial charge in [-0.2, -0.15) is 0 Å². The van der Waals surface area contributed by atoms with Crippen molar-refractivity contribution in [3.63, 3.8) is 0 Å². The minimum absolute atomic E-state index is 0.324. The molecular weight excluding hydrogens is 136 g/mol. The minimum Gasteiger partial charge on any atom is -0.464 e. The lowest BCUT2D eigenvalue weighted by Crippen LogP contribution is -2.13. The Morgan fingerprint density at radius 1 is 1.80 bits per heavy atom. The summed E-state index contributed by atoms with van der Waals surface area (Å²) < 4.78 is 9.21. The second kappa shape index (κ2) is 2.79. The molecule has 0 radical (unpaired) electrons. The number of carbonyl (C=O) groups is 2. The Kier molecular flexibility index (Phi) is 2.01. The number of carbonyl (C=O) groups excluding carboxylic acids is 2. The van der Waals surface area contributed by atoms with Gasteiger partial charge in [0.25, 0.3) is 0 Å². The van der Waals surface area contributed by atoms with Crippen LogP contribution in [0.4, 0.5) is 0 Å². The highest BCUT2D eigenvalue weighted by molar-refractivity contribution is 5.84. The van der Waals surface area contributed by atoms with Crippen LogP contribution in [0.15, 0.2) is 0 Å². The summed E-state index contributed by atoms with van der Waals surface area (Å²) in [6.45, 7) is 2.03. The van der Waals surface area contributed by atoms with Crippen LogP contribution in [-0.2, 0) is 19.1 Å². The molecule has 0 aliphatic carbocycles. The maximum absolute atomic E-state index is 10.7. The monoisotopic (exact) mass is 144 g/mol. The molecule has 1 saturated heterocycles. The van der Waals surface area contributed by atoms with Crippen LogP contribution in [-0.4, -0.2) is 31.1 Å². The molecule has 56 valence electrons. The standard InChI is InChI=1S/C6H8O4/c1-2-9-6(8)5-4(3-7)10-5/h3-5H,2H2,1H3/t4-,5+/m1/s1. The summed E-state index contributed by atoms with van der Waals surface area (Å²) in [5, 5.41) is 0. The zero-order valence-electron chi connectivity index (χ0n) is 5.57. The van der Waals surface area contributed by atoms with Gasteiger partial charge in [-0.1, -0.05) is 0 Å². The lowest BCUT2D eigenvalue weighted by Gasteiger charge is -1.94. The average molecular weight is 144 g/mol. The number of esters is 1. The molecule has 10 heavy (non-hydrogen) atoms. The molecule has 2 atom stereocenters. The zero-order chi connectivity index (χ0) is 7.56. The van der Waals surface area contributed by atoms with Crippen molar-refractivity contribution in [3.05, 3.63) is 0 Å². The van der Waals surface area contributed by atoms with E-state index in [9.17, 15) is 9.59 Å². The summed E-state index contributed by atoms with van der Waals surface area (Å²) in [5.41, 5.74) is 0. The summed E-state index contributed by atoms with van der Waals surface area (Å²) in [7, 11) is 0. The first kappa shape index (κ1) is 7.21. The minimum atomic E-state index is -0.627. The molecule has 1 aliphatic heterocycles. The summed E-state index contributed by atoms with van der Waals surface area (Å²) >= 11 is 0. The maximum atomic E-state index is 10.7. The molecular formula is C6H8O4. The largest absolute Gasteiger partial charge is 0.464 e. The van der Waals surface area contributed by atoms with E-state index in [4.69, 9.17) is 0 Å². The van der Waals surface area contributed by atoms with Gasteiger partial charge < -0.3 is 14.3 Å². The van der Waals surface area contributed by atoms with Crippen molar-refractivity contribution in [3.8, 4) is 0 Å². The molecule has 1 fully saturated rings. The molecule has 4 nitrogen and oxygen atoms in total. The van der Waals surface area contributed by atoms with Crippen molar-refractivity contribution in [1.82, 2.24) is 0 Å². The molecule has 1 heterocycles. The molecule has 0 aromatic carbocycles. The van der Waals surface area contributed by atoms with Gasteiger partial charge in [-0.3, -0.25) is 0 Å². The van der Waals surface area contributed by atoms with E-state index in [-0.39, 0.29) is 0 Å². The van der Waals surface area contributed by atoms with E-state index in [0.717, 1.165) is 0 Å². The Balaban J connectivity index is 2.25. The van der Waals surface area contributed by atoms with Gasteiger partial charge in [0, 0.05) is 0 Å². The van der Waals surface area contributed by atoms with E-state index in [1.54, 1.807) is 6.92 Å². The fourth-order valence-electron chi connectivity index (χ4n) is 0.641. The Bertz CT molecular complexity index is 154. The first-order valence-electron chi connectivity index (χ1n) is 3.07. The average Bonchev–Trinajstić information content (AvgIpc) is 2.66. The van der Waals surface area contributed by atoms with Gasteiger partial charge >= 0.3 is 5.97 Å². The molecule has 0 spiro atoms. The molecule has 0 unspecified atom stereocenters. The van der Waals surface area contributed by atoms with Gasteiger partial charge in [0.1, 0.15) is 0 Å². The SMILES string of the molecule is CCOC(=O)[C@H]1O[C@@H]1C=O. The van der Waals surface area contributed by atoms with Crippen molar-refractivity contribution in [2.75, 3.05) is 6.61 Å².